The van der Waals surface area contributed by atoms with E-state index in [1.807, 2.05) is 30.3 Å². The van der Waals surface area contributed by atoms with E-state index in [0.29, 0.717) is 6.61 Å². The van der Waals surface area contributed by atoms with Gasteiger partial charge in [-0.15, -0.1) is 6.58 Å². The lowest BCUT2D eigenvalue weighted by molar-refractivity contribution is -0.138. The van der Waals surface area contributed by atoms with Gasteiger partial charge in [0.25, 0.3) is 5.91 Å². The summed E-state index contributed by atoms with van der Waals surface area (Å²) >= 11 is 0. The third-order valence-electron chi connectivity index (χ3n) is 3.66. The summed E-state index contributed by atoms with van der Waals surface area (Å²) in [6, 6.07) is 9.19. The average molecular weight is 247 g/mol. The fraction of sp³-hybridized carbons (Fsp3) is 0.357. The molecule has 2 aliphatic heterocycles. The van der Waals surface area contributed by atoms with Gasteiger partial charge >= 0.3 is 0 Å². The van der Waals surface area contributed by atoms with Crippen molar-refractivity contribution in [3.63, 3.8) is 0 Å². The summed E-state index contributed by atoms with van der Waals surface area (Å²) < 4.78 is 19.5. The molecule has 2 fully saturated rings. The van der Waals surface area contributed by atoms with Crippen LogP contribution >= 0.6 is 0 Å². The van der Waals surface area contributed by atoms with E-state index < -0.39 is 24.2 Å². The smallest absolute Gasteiger partial charge is 0.260 e. The van der Waals surface area contributed by atoms with Gasteiger partial charge in [0.2, 0.25) is 0 Å². The van der Waals surface area contributed by atoms with Crippen LogP contribution in [0.25, 0.3) is 0 Å². The molecule has 18 heavy (non-hydrogen) atoms. The normalized spacial score (nSPS) is 34.7. The summed E-state index contributed by atoms with van der Waals surface area (Å²) in [6.45, 7) is 3.97. The van der Waals surface area contributed by atoms with Crippen LogP contribution in [-0.2, 0) is 9.53 Å². The van der Waals surface area contributed by atoms with Crippen molar-refractivity contribution in [2.24, 2.45) is 5.92 Å². The van der Waals surface area contributed by atoms with Gasteiger partial charge in [-0.05, 0) is 0 Å². The Morgan fingerprint density at radius 1 is 1.39 bits per heavy atom. The molecule has 3 nitrogen and oxygen atoms in total. The second-order valence-corrected chi connectivity index (χ2v) is 4.62. The lowest BCUT2D eigenvalue weighted by atomic mass is 10.0. The van der Waals surface area contributed by atoms with Crippen LogP contribution in [0.5, 0.6) is 0 Å². The third-order valence-corrected chi connectivity index (χ3v) is 3.66. The van der Waals surface area contributed by atoms with E-state index in [2.05, 4.69) is 6.58 Å². The molecular formula is C14H14FNO2. The van der Waals surface area contributed by atoms with Crippen molar-refractivity contribution < 1.29 is 13.9 Å². The van der Waals surface area contributed by atoms with E-state index in [9.17, 15) is 9.18 Å². The van der Waals surface area contributed by atoms with Crippen LogP contribution in [0.3, 0.4) is 0 Å². The molecule has 0 N–H and O–H groups in total. The van der Waals surface area contributed by atoms with Gasteiger partial charge in [-0.2, -0.15) is 0 Å². The Morgan fingerprint density at radius 2 is 2.11 bits per heavy atom. The predicted octanol–water partition coefficient (Wildman–Crippen LogP) is 2.07. The molecule has 0 aliphatic carbocycles. The molecule has 2 aliphatic rings. The second kappa shape index (κ2) is 4.21. The number of alkyl halides is 1. The Balaban J connectivity index is 1.94. The van der Waals surface area contributed by atoms with Crippen molar-refractivity contribution in [2.75, 3.05) is 6.61 Å². The van der Waals surface area contributed by atoms with Gasteiger partial charge in [0.1, 0.15) is 0 Å². The summed E-state index contributed by atoms with van der Waals surface area (Å²) in [6.07, 6.45) is -0.432. The maximum atomic E-state index is 13.9. The Bertz CT molecular complexity index is 476. The lowest BCUT2D eigenvalue weighted by Gasteiger charge is -2.22. The minimum atomic E-state index is -1.48. The van der Waals surface area contributed by atoms with Crippen molar-refractivity contribution >= 4 is 5.91 Å². The molecule has 1 aromatic rings. The maximum Gasteiger partial charge on any atom is 0.260 e. The first-order valence-corrected chi connectivity index (χ1v) is 5.99. The number of halogens is 1. The number of nitrogens with zero attached hydrogens (tertiary/aromatic N) is 1. The molecule has 0 bridgehead atoms. The van der Waals surface area contributed by atoms with Crippen LogP contribution in [0, 0.1) is 5.92 Å². The largest absolute Gasteiger partial charge is 0.352 e. The van der Waals surface area contributed by atoms with Crippen molar-refractivity contribution in [3.8, 4) is 0 Å². The highest BCUT2D eigenvalue weighted by atomic mass is 19.1. The molecule has 4 heteroatoms. The molecule has 1 amide bonds. The van der Waals surface area contributed by atoms with Crippen molar-refractivity contribution in [1.82, 2.24) is 4.90 Å². The van der Waals surface area contributed by atoms with Crippen LogP contribution in [0.1, 0.15) is 11.8 Å². The zero-order valence-corrected chi connectivity index (χ0v) is 9.83. The number of carbonyl (C=O) groups excluding carboxylic acids is 1. The van der Waals surface area contributed by atoms with Gasteiger partial charge < -0.3 is 9.64 Å². The lowest BCUT2D eigenvalue weighted by Crippen LogP contribution is -2.32. The van der Waals surface area contributed by atoms with E-state index in [0.717, 1.165) is 5.56 Å². The molecule has 2 saturated heterocycles. The maximum absolute atomic E-state index is 13.9. The molecule has 3 rings (SSSR count). The zero-order chi connectivity index (χ0) is 12.7. The van der Waals surface area contributed by atoms with Crippen molar-refractivity contribution in [3.05, 3.63) is 48.6 Å². The first-order valence-electron chi connectivity index (χ1n) is 5.99. The van der Waals surface area contributed by atoms with Crippen LogP contribution < -0.4 is 0 Å². The van der Waals surface area contributed by atoms with Gasteiger partial charge in [-0.25, -0.2) is 4.39 Å². The summed E-state index contributed by atoms with van der Waals surface area (Å²) in [7, 11) is 0. The highest BCUT2D eigenvalue weighted by molar-refractivity contribution is 5.85. The number of benzene rings is 1. The van der Waals surface area contributed by atoms with E-state index in [4.69, 9.17) is 4.74 Å². The molecule has 0 radical (unpaired) electrons. The van der Waals surface area contributed by atoms with Crippen LogP contribution in [-0.4, -0.2) is 29.6 Å². The summed E-state index contributed by atoms with van der Waals surface area (Å²) in [5, 5.41) is 0. The number of hydrogen-bond donors (Lipinski definition) is 0. The Morgan fingerprint density at radius 3 is 2.78 bits per heavy atom. The molecule has 1 aromatic carbocycles. The molecule has 0 spiro atoms. The van der Waals surface area contributed by atoms with Crippen molar-refractivity contribution in [2.45, 2.75) is 18.4 Å². The van der Waals surface area contributed by atoms with Gasteiger partial charge in [-0.1, -0.05) is 36.4 Å². The molecule has 0 aromatic heterocycles. The predicted molar refractivity (Wildman–Crippen MR) is 64.4 cm³/mol. The number of hydrogen-bond acceptors (Lipinski definition) is 2. The first-order chi connectivity index (χ1) is 8.74. The van der Waals surface area contributed by atoms with Gasteiger partial charge in [0, 0.05) is 11.5 Å². The van der Waals surface area contributed by atoms with E-state index in [-0.39, 0.29) is 6.04 Å². The number of ether oxygens (including phenoxy) is 1. The second-order valence-electron chi connectivity index (χ2n) is 4.62. The van der Waals surface area contributed by atoms with E-state index in [1.54, 1.807) is 0 Å². The minimum absolute atomic E-state index is 0.227. The number of rotatable bonds is 2. The van der Waals surface area contributed by atoms with Crippen LogP contribution in [0.2, 0.25) is 0 Å². The molecule has 94 valence electrons. The van der Waals surface area contributed by atoms with Crippen LogP contribution in [0.15, 0.2) is 43.0 Å². The number of amides is 1. The van der Waals surface area contributed by atoms with Gasteiger partial charge in [0.05, 0.1) is 12.6 Å². The number of carbonyl (C=O) groups is 1. The molecular weight excluding hydrogens is 233 g/mol. The fourth-order valence-electron chi connectivity index (χ4n) is 2.75. The fourth-order valence-corrected chi connectivity index (χ4v) is 2.75. The SMILES string of the molecule is C=C[C@H]1C(F)C(=O)N2[C@@H](c3ccccc3)OC[C@H]12. The third kappa shape index (κ3) is 1.49. The Labute approximate surface area is 105 Å². The highest BCUT2D eigenvalue weighted by Crippen LogP contribution is 2.41. The molecule has 4 atom stereocenters. The zero-order valence-electron chi connectivity index (χ0n) is 9.83. The summed E-state index contributed by atoms with van der Waals surface area (Å²) in [5.74, 6) is -0.956. The van der Waals surface area contributed by atoms with Crippen molar-refractivity contribution in [1.29, 1.82) is 0 Å². The minimum Gasteiger partial charge on any atom is -0.352 e. The molecule has 1 unspecified atom stereocenters. The molecule has 2 heterocycles. The van der Waals surface area contributed by atoms with Crippen LogP contribution in [0.4, 0.5) is 4.39 Å². The Kier molecular flexibility index (Phi) is 2.67. The summed E-state index contributed by atoms with van der Waals surface area (Å²) in [4.78, 5) is 13.5. The number of fused-ring (bicyclic) bond motifs is 1. The monoisotopic (exact) mass is 247 g/mol. The Hall–Kier alpha value is -1.68. The standard InChI is InChI=1S/C14H14FNO2/c1-2-10-11-8-18-14(9-6-4-3-5-7-9)16(11)13(17)12(10)15/h2-7,10-12,14H,1,8H2/t10-,11-,12?,14-/m1/s1. The summed E-state index contributed by atoms with van der Waals surface area (Å²) in [5.41, 5.74) is 0.880. The molecule has 0 saturated carbocycles. The van der Waals surface area contributed by atoms with Gasteiger partial charge in [0.15, 0.2) is 12.4 Å². The van der Waals surface area contributed by atoms with E-state index >= 15 is 0 Å². The van der Waals surface area contributed by atoms with Gasteiger partial charge in [-0.3, -0.25) is 4.79 Å². The quantitative estimate of drug-likeness (QED) is 0.749. The van der Waals surface area contributed by atoms with E-state index in [1.165, 1.54) is 11.0 Å². The first kappa shape index (κ1) is 11.4. The average Bonchev–Trinajstić information content (AvgIpc) is 2.92. The highest BCUT2D eigenvalue weighted by Gasteiger charge is 2.53. The topological polar surface area (TPSA) is 29.5 Å².